The average Bonchev–Trinajstić information content (AvgIpc) is 3.21. The Labute approximate surface area is 145 Å². The first kappa shape index (κ1) is 16.5. The number of carbonyl (C=O) groups is 1. The largest absolute Gasteiger partial charge is 0.334 e. The summed E-state index contributed by atoms with van der Waals surface area (Å²) in [4.78, 5) is 20.1. The van der Waals surface area contributed by atoms with Crippen LogP contribution in [0.25, 0.3) is 0 Å². The Balaban J connectivity index is 1.61. The number of amides is 1. The SMILES string of the molecule is Cc1nc(CSc2ccc(C(=O)N3CCCC3CN)cc2)cs1. The van der Waals surface area contributed by atoms with Crippen LogP contribution < -0.4 is 5.73 Å². The molecule has 1 atom stereocenters. The minimum absolute atomic E-state index is 0.102. The standard InChI is InChI=1S/C17H21N3OS2/c1-12-19-14(10-22-12)11-23-16-6-4-13(5-7-16)17(21)20-8-2-3-15(20)9-18/h4-7,10,15H,2-3,8-9,11,18H2,1H3. The summed E-state index contributed by atoms with van der Waals surface area (Å²) >= 11 is 3.42. The Kier molecular flexibility index (Phi) is 5.35. The van der Waals surface area contributed by atoms with Gasteiger partial charge in [0.15, 0.2) is 0 Å². The van der Waals surface area contributed by atoms with Gasteiger partial charge in [-0.05, 0) is 44.0 Å². The van der Waals surface area contributed by atoms with Crippen LogP contribution in [0.2, 0.25) is 0 Å². The van der Waals surface area contributed by atoms with Crippen molar-refractivity contribution in [2.75, 3.05) is 13.1 Å². The fraction of sp³-hybridized carbons (Fsp3) is 0.412. The highest BCUT2D eigenvalue weighted by Gasteiger charge is 2.28. The summed E-state index contributed by atoms with van der Waals surface area (Å²) in [7, 11) is 0. The van der Waals surface area contributed by atoms with Crippen LogP contribution in [0.4, 0.5) is 0 Å². The van der Waals surface area contributed by atoms with Crippen molar-refractivity contribution in [1.29, 1.82) is 0 Å². The molecule has 122 valence electrons. The third-order valence-electron chi connectivity index (χ3n) is 4.06. The molecule has 1 fully saturated rings. The zero-order valence-corrected chi connectivity index (χ0v) is 14.8. The van der Waals surface area contributed by atoms with Crippen LogP contribution in [-0.2, 0) is 5.75 Å². The van der Waals surface area contributed by atoms with Crippen LogP contribution in [0, 0.1) is 6.92 Å². The predicted octanol–water partition coefficient (Wildman–Crippen LogP) is 3.31. The molecule has 23 heavy (non-hydrogen) atoms. The molecule has 2 aromatic rings. The van der Waals surface area contributed by atoms with E-state index in [0.717, 1.165) is 46.3 Å². The Bertz CT molecular complexity index is 669. The zero-order chi connectivity index (χ0) is 16.2. The van der Waals surface area contributed by atoms with Gasteiger partial charge in [0, 0.05) is 40.7 Å². The molecule has 1 aliphatic rings. The fourth-order valence-corrected chi connectivity index (χ4v) is 4.35. The third kappa shape index (κ3) is 3.94. The molecule has 1 aromatic carbocycles. The maximum absolute atomic E-state index is 12.6. The number of aromatic nitrogens is 1. The van der Waals surface area contributed by atoms with Crippen molar-refractivity contribution in [2.45, 2.75) is 36.5 Å². The first-order valence-corrected chi connectivity index (χ1v) is 9.69. The molecule has 0 saturated carbocycles. The monoisotopic (exact) mass is 347 g/mol. The maximum atomic E-state index is 12.6. The molecule has 4 nitrogen and oxygen atoms in total. The van der Waals surface area contributed by atoms with Gasteiger partial charge < -0.3 is 10.6 Å². The first-order valence-electron chi connectivity index (χ1n) is 7.82. The molecule has 3 rings (SSSR count). The minimum Gasteiger partial charge on any atom is -0.334 e. The van der Waals surface area contributed by atoms with Gasteiger partial charge in [-0.25, -0.2) is 4.98 Å². The molecule has 2 N–H and O–H groups in total. The van der Waals surface area contributed by atoms with Crippen LogP contribution in [0.5, 0.6) is 0 Å². The summed E-state index contributed by atoms with van der Waals surface area (Å²) in [5.41, 5.74) is 7.62. The number of nitrogens with zero attached hydrogens (tertiary/aromatic N) is 2. The van der Waals surface area contributed by atoms with E-state index in [1.165, 1.54) is 0 Å². The van der Waals surface area contributed by atoms with E-state index < -0.39 is 0 Å². The molecule has 2 heterocycles. The summed E-state index contributed by atoms with van der Waals surface area (Å²) in [6.45, 7) is 3.39. The third-order valence-corrected chi connectivity index (χ3v) is 5.93. The number of aryl methyl sites for hydroxylation is 1. The normalized spacial score (nSPS) is 17.7. The van der Waals surface area contributed by atoms with E-state index in [9.17, 15) is 4.79 Å². The number of nitrogens with two attached hydrogens (primary N) is 1. The van der Waals surface area contributed by atoms with Crippen LogP contribution in [0.3, 0.4) is 0 Å². The van der Waals surface area contributed by atoms with Gasteiger partial charge in [-0.2, -0.15) is 0 Å². The van der Waals surface area contributed by atoms with E-state index in [2.05, 4.69) is 10.4 Å². The van der Waals surface area contributed by atoms with Crippen molar-refractivity contribution in [3.05, 3.63) is 45.9 Å². The van der Waals surface area contributed by atoms with Crippen molar-refractivity contribution in [2.24, 2.45) is 5.73 Å². The number of likely N-dealkylation sites (tertiary alicyclic amines) is 1. The molecule has 1 aliphatic heterocycles. The molecule has 1 unspecified atom stereocenters. The van der Waals surface area contributed by atoms with Gasteiger partial charge in [-0.1, -0.05) is 0 Å². The number of rotatable bonds is 5. The minimum atomic E-state index is 0.102. The Morgan fingerprint density at radius 3 is 2.87 bits per heavy atom. The van der Waals surface area contributed by atoms with E-state index in [4.69, 9.17) is 5.73 Å². The maximum Gasteiger partial charge on any atom is 0.254 e. The lowest BCUT2D eigenvalue weighted by Gasteiger charge is -2.23. The second-order valence-corrected chi connectivity index (χ2v) is 7.81. The molecule has 0 bridgehead atoms. The van der Waals surface area contributed by atoms with Crippen molar-refractivity contribution < 1.29 is 4.79 Å². The molecule has 1 amide bonds. The molecule has 0 spiro atoms. The summed E-state index contributed by atoms with van der Waals surface area (Å²) in [5.74, 6) is 0.962. The highest BCUT2D eigenvalue weighted by atomic mass is 32.2. The van der Waals surface area contributed by atoms with Crippen molar-refractivity contribution >= 4 is 29.0 Å². The van der Waals surface area contributed by atoms with Crippen LogP contribution in [-0.4, -0.2) is 34.9 Å². The van der Waals surface area contributed by atoms with Gasteiger partial charge in [0.1, 0.15) is 0 Å². The van der Waals surface area contributed by atoms with E-state index in [1.54, 1.807) is 23.1 Å². The quantitative estimate of drug-likeness (QED) is 0.843. The topological polar surface area (TPSA) is 59.2 Å². The van der Waals surface area contributed by atoms with Gasteiger partial charge in [0.05, 0.1) is 10.7 Å². The molecule has 1 saturated heterocycles. The average molecular weight is 348 g/mol. The van der Waals surface area contributed by atoms with E-state index >= 15 is 0 Å². The Hall–Kier alpha value is -1.37. The zero-order valence-electron chi connectivity index (χ0n) is 13.2. The van der Waals surface area contributed by atoms with Crippen molar-refractivity contribution in [3.63, 3.8) is 0 Å². The predicted molar refractivity (Wildman–Crippen MR) is 96.0 cm³/mol. The highest BCUT2D eigenvalue weighted by Crippen LogP contribution is 2.25. The van der Waals surface area contributed by atoms with Crippen molar-refractivity contribution in [3.8, 4) is 0 Å². The number of thiazole rings is 1. The molecule has 1 aromatic heterocycles. The second-order valence-electron chi connectivity index (χ2n) is 5.70. The van der Waals surface area contributed by atoms with E-state index in [1.807, 2.05) is 36.1 Å². The summed E-state index contributed by atoms with van der Waals surface area (Å²) in [6, 6.07) is 8.07. The fourth-order valence-electron chi connectivity index (χ4n) is 2.84. The van der Waals surface area contributed by atoms with Crippen molar-refractivity contribution in [1.82, 2.24) is 9.88 Å². The number of benzene rings is 1. The summed E-state index contributed by atoms with van der Waals surface area (Å²) in [5, 5.41) is 3.20. The van der Waals surface area contributed by atoms with E-state index in [-0.39, 0.29) is 11.9 Å². The van der Waals surface area contributed by atoms with Gasteiger partial charge in [0.2, 0.25) is 0 Å². The van der Waals surface area contributed by atoms with E-state index in [0.29, 0.717) is 6.54 Å². The highest BCUT2D eigenvalue weighted by molar-refractivity contribution is 7.98. The lowest BCUT2D eigenvalue weighted by atomic mass is 10.1. The second kappa shape index (κ2) is 7.47. The first-order chi connectivity index (χ1) is 11.2. The number of thioether (sulfide) groups is 1. The van der Waals surface area contributed by atoms with Gasteiger partial charge in [-0.15, -0.1) is 23.1 Å². The Morgan fingerprint density at radius 1 is 1.43 bits per heavy atom. The molecular weight excluding hydrogens is 326 g/mol. The molecule has 0 aliphatic carbocycles. The molecular formula is C17H21N3OS2. The van der Waals surface area contributed by atoms with Gasteiger partial charge >= 0.3 is 0 Å². The number of carbonyl (C=O) groups excluding carboxylic acids is 1. The number of hydrogen-bond donors (Lipinski definition) is 1. The lowest BCUT2D eigenvalue weighted by molar-refractivity contribution is 0.0741. The van der Waals surface area contributed by atoms with Crippen LogP contribution in [0.1, 0.15) is 33.9 Å². The van der Waals surface area contributed by atoms with Crippen LogP contribution in [0.15, 0.2) is 34.5 Å². The summed E-state index contributed by atoms with van der Waals surface area (Å²) < 4.78 is 0. The van der Waals surface area contributed by atoms with Crippen LogP contribution >= 0.6 is 23.1 Å². The van der Waals surface area contributed by atoms with Gasteiger partial charge in [0.25, 0.3) is 5.91 Å². The molecule has 6 heteroatoms. The summed E-state index contributed by atoms with van der Waals surface area (Å²) in [6.07, 6.45) is 2.07. The number of hydrogen-bond acceptors (Lipinski definition) is 5. The Morgan fingerprint density at radius 2 is 2.22 bits per heavy atom. The van der Waals surface area contributed by atoms with Gasteiger partial charge in [-0.3, -0.25) is 4.79 Å². The lowest BCUT2D eigenvalue weighted by Crippen LogP contribution is -2.39. The smallest absolute Gasteiger partial charge is 0.254 e. The molecule has 0 radical (unpaired) electrons.